The zero-order chi connectivity index (χ0) is 12.7. The van der Waals surface area contributed by atoms with Gasteiger partial charge in [-0.2, -0.15) is 5.10 Å². The van der Waals surface area contributed by atoms with Gasteiger partial charge in [-0.3, -0.25) is 9.48 Å². The lowest BCUT2D eigenvalue weighted by Gasteiger charge is -2.10. The van der Waals surface area contributed by atoms with E-state index < -0.39 is 0 Å². The average Bonchev–Trinajstić information content (AvgIpc) is 3.24. The Balaban J connectivity index is 1.59. The summed E-state index contributed by atoms with van der Waals surface area (Å²) >= 11 is 0. The lowest BCUT2D eigenvalue weighted by molar-refractivity contribution is 0.0944. The highest BCUT2D eigenvalue weighted by Gasteiger charge is 2.30. The van der Waals surface area contributed by atoms with Crippen LogP contribution in [0.4, 0.5) is 0 Å². The van der Waals surface area contributed by atoms with E-state index in [1.807, 2.05) is 17.8 Å². The Morgan fingerprint density at radius 3 is 2.89 bits per heavy atom. The third-order valence-corrected chi connectivity index (χ3v) is 3.87. The second kappa shape index (κ2) is 4.39. The summed E-state index contributed by atoms with van der Waals surface area (Å²) in [6.45, 7) is 0.554. The van der Waals surface area contributed by atoms with Crippen LogP contribution in [0.5, 0.6) is 0 Å². The number of aromatic nitrogens is 2. The molecule has 2 fully saturated rings. The van der Waals surface area contributed by atoms with Crippen LogP contribution in [0.15, 0.2) is 6.07 Å². The van der Waals surface area contributed by atoms with Gasteiger partial charge in [0.25, 0.3) is 5.91 Å². The number of hydrogen-bond acceptors (Lipinski definition) is 3. The fourth-order valence-electron chi connectivity index (χ4n) is 2.35. The van der Waals surface area contributed by atoms with Crippen molar-refractivity contribution >= 4 is 5.91 Å². The minimum atomic E-state index is -0.103. The van der Waals surface area contributed by atoms with Gasteiger partial charge in [-0.05, 0) is 37.7 Å². The number of aryl methyl sites for hydroxylation is 1. The van der Waals surface area contributed by atoms with Crippen LogP contribution in [0.3, 0.4) is 0 Å². The molecule has 1 aromatic rings. The highest BCUT2D eigenvalue weighted by molar-refractivity contribution is 5.92. The third-order valence-electron chi connectivity index (χ3n) is 3.87. The summed E-state index contributed by atoms with van der Waals surface area (Å²) < 4.78 is 1.83. The first-order valence-electron chi connectivity index (χ1n) is 6.73. The molecule has 3 N–H and O–H groups in total. The van der Waals surface area contributed by atoms with Gasteiger partial charge in [0, 0.05) is 31.2 Å². The zero-order valence-electron chi connectivity index (χ0n) is 10.7. The van der Waals surface area contributed by atoms with Crippen LogP contribution in [-0.4, -0.2) is 28.3 Å². The Labute approximate surface area is 107 Å². The van der Waals surface area contributed by atoms with E-state index >= 15 is 0 Å². The molecule has 1 unspecified atom stereocenters. The normalized spacial score (nSPS) is 20.8. The van der Waals surface area contributed by atoms with Gasteiger partial charge in [0.05, 0.1) is 0 Å². The van der Waals surface area contributed by atoms with E-state index in [-0.39, 0.29) is 11.9 Å². The van der Waals surface area contributed by atoms with Gasteiger partial charge in [0.2, 0.25) is 0 Å². The van der Waals surface area contributed by atoms with Gasteiger partial charge < -0.3 is 11.1 Å². The molecule has 2 saturated carbocycles. The van der Waals surface area contributed by atoms with E-state index in [2.05, 4.69) is 10.4 Å². The molecular formula is C13H20N4O. The van der Waals surface area contributed by atoms with Crippen molar-refractivity contribution < 1.29 is 4.79 Å². The number of amides is 1. The van der Waals surface area contributed by atoms with Crippen LogP contribution in [0.2, 0.25) is 0 Å². The Morgan fingerprint density at radius 2 is 2.28 bits per heavy atom. The van der Waals surface area contributed by atoms with Crippen molar-refractivity contribution in [1.29, 1.82) is 0 Å². The average molecular weight is 248 g/mol. The maximum atomic E-state index is 12.0. The lowest BCUT2D eigenvalue weighted by Crippen LogP contribution is -2.38. The molecule has 0 saturated heterocycles. The van der Waals surface area contributed by atoms with Crippen LogP contribution >= 0.6 is 0 Å². The van der Waals surface area contributed by atoms with Crippen LogP contribution in [-0.2, 0) is 7.05 Å². The Bertz CT molecular complexity index is 460. The summed E-state index contributed by atoms with van der Waals surface area (Å²) in [4.78, 5) is 12.0. The molecule has 0 aromatic carbocycles. The molecule has 5 heteroatoms. The second-order valence-corrected chi connectivity index (χ2v) is 5.56. The Kier molecular flexibility index (Phi) is 2.86. The second-order valence-electron chi connectivity index (χ2n) is 5.56. The molecule has 0 radical (unpaired) electrons. The molecule has 2 aliphatic rings. The molecule has 0 spiro atoms. The minimum absolute atomic E-state index is 0.0977. The maximum Gasteiger partial charge on any atom is 0.271 e. The van der Waals surface area contributed by atoms with E-state index in [1.165, 1.54) is 31.4 Å². The number of nitrogens with two attached hydrogens (primary N) is 1. The smallest absolute Gasteiger partial charge is 0.271 e. The maximum absolute atomic E-state index is 12.0. The number of carbonyl (C=O) groups is 1. The number of nitrogens with zero attached hydrogens (tertiary/aromatic N) is 2. The van der Waals surface area contributed by atoms with Crippen molar-refractivity contribution in [3.05, 3.63) is 17.5 Å². The van der Waals surface area contributed by atoms with Gasteiger partial charge in [0.15, 0.2) is 0 Å². The van der Waals surface area contributed by atoms with Gasteiger partial charge in [-0.1, -0.05) is 0 Å². The van der Waals surface area contributed by atoms with Crippen molar-refractivity contribution in [3.63, 3.8) is 0 Å². The number of rotatable bonds is 5. The molecule has 0 aliphatic heterocycles. The van der Waals surface area contributed by atoms with Gasteiger partial charge in [-0.15, -0.1) is 0 Å². The molecule has 18 heavy (non-hydrogen) atoms. The summed E-state index contributed by atoms with van der Waals surface area (Å²) in [6, 6.07) is 2.01. The van der Waals surface area contributed by atoms with Gasteiger partial charge in [0.1, 0.15) is 5.69 Å². The van der Waals surface area contributed by atoms with Crippen LogP contribution in [0.1, 0.15) is 47.8 Å². The molecule has 5 nitrogen and oxygen atoms in total. The molecular weight excluding hydrogens is 228 g/mol. The quantitative estimate of drug-likeness (QED) is 0.808. The topological polar surface area (TPSA) is 72.9 Å². The SMILES string of the molecule is Cn1nc(C(=O)NCC(N)C2CC2)cc1C1CC1. The molecule has 98 valence electrons. The van der Waals surface area contributed by atoms with Crippen LogP contribution < -0.4 is 11.1 Å². The van der Waals surface area contributed by atoms with E-state index in [1.54, 1.807) is 0 Å². The van der Waals surface area contributed by atoms with Crippen molar-refractivity contribution in [2.45, 2.75) is 37.6 Å². The largest absolute Gasteiger partial charge is 0.349 e. The van der Waals surface area contributed by atoms with Crippen LogP contribution in [0, 0.1) is 5.92 Å². The molecule has 1 amide bonds. The van der Waals surface area contributed by atoms with Gasteiger partial charge >= 0.3 is 0 Å². The minimum Gasteiger partial charge on any atom is -0.349 e. The standard InChI is InChI=1S/C13H20N4O/c1-17-12(9-4-5-9)6-11(16-17)13(18)15-7-10(14)8-2-3-8/h6,8-10H,2-5,7,14H2,1H3,(H,15,18). The van der Waals surface area contributed by atoms with Crippen molar-refractivity contribution in [3.8, 4) is 0 Å². The van der Waals surface area contributed by atoms with Crippen molar-refractivity contribution in [1.82, 2.24) is 15.1 Å². The summed E-state index contributed by atoms with van der Waals surface area (Å²) in [6.07, 6.45) is 4.83. The zero-order valence-corrected chi connectivity index (χ0v) is 10.7. The van der Waals surface area contributed by atoms with Crippen LogP contribution in [0.25, 0.3) is 0 Å². The molecule has 0 bridgehead atoms. The first kappa shape index (κ1) is 11.7. The highest BCUT2D eigenvalue weighted by atomic mass is 16.1. The van der Waals surface area contributed by atoms with Gasteiger partial charge in [-0.25, -0.2) is 0 Å². The molecule has 1 atom stereocenters. The fraction of sp³-hybridized carbons (Fsp3) is 0.692. The van der Waals surface area contributed by atoms with E-state index in [0.717, 1.165) is 0 Å². The first-order chi connectivity index (χ1) is 8.65. The highest BCUT2D eigenvalue weighted by Crippen LogP contribution is 2.39. The number of nitrogens with one attached hydrogen (secondary N) is 1. The lowest BCUT2D eigenvalue weighted by atomic mass is 10.2. The summed E-state index contributed by atoms with van der Waals surface area (Å²) in [5.74, 6) is 1.11. The number of carbonyl (C=O) groups excluding carboxylic acids is 1. The Hall–Kier alpha value is -1.36. The Morgan fingerprint density at radius 1 is 1.56 bits per heavy atom. The first-order valence-corrected chi connectivity index (χ1v) is 6.73. The summed E-state index contributed by atoms with van der Waals surface area (Å²) in [5.41, 5.74) is 7.65. The fourth-order valence-corrected chi connectivity index (χ4v) is 2.35. The monoisotopic (exact) mass is 248 g/mol. The molecule has 2 aliphatic carbocycles. The number of hydrogen-bond donors (Lipinski definition) is 2. The molecule has 1 aromatic heterocycles. The van der Waals surface area contributed by atoms with E-state index in [4.69, 9.17) is 5.73 Å². The van der Waals surface area contributed by atoms with E-state index in [9.17, 15) is 4.79 Å². The predicted molar refractivity (Wildman–Crippen MR) is 68.2 cm³/mol. The summed E-state index contributed by atoms with van der Waals surface area (Å²) in [5, 5.41) is 7.15. The van der Waals surface area contributed by atoms with Crippen molar-refractivity contribution in [2.24, 2.45) is 18.7 Å². The predicted octanol–water partition coefficient (Wildman–Crippen LogP) is 0.765. The molecule has 3 rings (SSSR count). The van der Waals surface area contributed by atoms with E-state index in [0.29, 0.717) is 24.1 Å². The summed E-state index contributed by atoms with van der Waals surface area (Å²) in [7, 11) is 1.90. The third kappa shape index (κ3) is 2.41. The molecule has 1 heterocycles. The van der Waals surface area contributed by atoms with Crippen molar-refractivity contribution in [2.75, 3.05) is 6.54 Å².